The Kier molecular flexibility index (Phi) is 15.2. The van der Waals surface area contributed by atoms with Crippen LogP contribution >= 0.6 is 82.3 Å². The van der Waals surface area contributed by atoms with Gasteiger partial charge in [-0.05, 0) is 229 Å². The molecule has 15 aromatic carbocycles. The van der Waals surface area contributed by atoms with E-state index in [0.717, 1.165) is 83.7 Å². The third-order valence-corrected chi connectivity index (χ3v) is 28.8. The first-order chi connectivity index (χ1) is 53.1. The molecule has 0 saturated heterocycles. The van der Waals surface area contributed by atoms with Crippen LogP contribution in [-0.4, -0.2) is 0 Å². The van der Waals surface area contributed by atoms with E-state index in [1.54, 1.807) is 0 Å². The number of hydrogen-bond donors (Lipinski definition) is 0. The maximum absolute atomic E-state index is 2.52. The van der Waals surface area contributed by atoms with E-state index in [2.05, 4.69) is 383 Å². The maximum Gasteiger partial charge on any atom is 0.0603 e. The van der Waals surface area contributed by atoms with Crippen LogP contribution in [0.25, 0.3) is 0 Å². The summed E-state index contributed by atoms with van der Waals surface area (Å²) in [6, 6.07) is 123. The predicted octanol–water partition coefficient (Wildman–Crippen LogP) is 30.5. The van der Waals surface area contributed by atoms with E-state index in [9.17, 15) is 0 Å². The fraction of sp³-hybridized carbons (Fsp3) is 0.0426. The van der Waals surface area contributed by atoms with Gasteiger partial charge in [-0.25, -0.2) is 0 Å². The lowest BCUT2D eigenvalue weighted by Crippen LogP contribution is -2.20. The topological polar surface area (TPSA) is 22.7 Å². The maximum atomic E-state index is 2.52. The molecule has 0 aromatic heterocycles. The van der Waals surface area contributed by atoms with Crippen molar-refractivity contribution in [2.75, 3.05) is 34.3 Å². The fourth-order valence-corrected chi connectivity index (χ4v) is 23.7. The van der Waals surface area contributed by atoms with E-state index in [1.807, 2.05) is 82.3 Å². The molecule has 15 aromatic rings. The average molecular weight is 1520 g/mol. The molecule has 0 aliphatic carbocycles. The van der Waals surface area contributed by atoms with Crippen LogP contribution in [0.2, 0.25) is 0 Å². The smallest absolute Gasteiger partial charge is 0.0603 e. The molecule has 7 aliphatic rings. The molecule has 0 unspecified atom stereocenters. The third kappa shape index (κ3) is 10.6. The Balaban J connectivity index is 0.706. The molecule has 14 heteroatoms. The van der Waals surface area contributed by atoms with E-state index >= 15 is 0 Å². The average Bonchev–Trinajstić information content (AvgIpc) is 0.716. The van der Waals surface area contributed by atoms with Gasteiger partial charge in [0.15, 0.2) is 0 Å². The molecule has 0 atom stereocenters. The van der Waals surface area contributed by atoms with Crippen molar-refractivity contribution in [3.63, 3.8) is 0 Å². The van der Waals surface area contributed by atoms with Gasteiger partial charge in [-0.3, -0.25) is 0 Å². The van der Waals surface area contributed by atoms with Crippen molar-refractivity contribution in [2.24, 2.45) is 0 Å². The zero-order valence-electron chi connectivity index (χ0n) is 58.7. The SMILES string of the molecule is CC(C)(C)c1ccc(N2c3ccc(N4c5ccc(N6c7ccccc7Sc7ccccc76)cc5Sc5cc(N6c7ccccc7Sc7ccccc76)ccc54)cc3Sc3cc(N4c5ccc(N6c7ccccc7Sc7ccccc76)cc5Sc5cc(N6c7ccccc7Sc7ccccc76)ccc54)ccc32)cc1. The normalized spacial score (nSPS) is 14.4. The number of para-hydroxylation sites is 8. The summed E-state index contributed by atoms with van der Waals surface area (Å²) in [6.45, 7) is 6.89. The Hall–Kier alpha value is -10.7. The Morgan fingerprint density at radius 2 is 0.306 bits per heavy atom. The summed E-state index contributed by atoms with van der Waals surface area (Å²) in [7, 11) is 0. The van der Waals surface area contributed by atoms with E-state index in [0.29, 0.717) is 0 Å². The quantitative estimate of drug-likeness (QED) is 0.151. The van der Waals surface area contributed by atoms with Crippen LogP contribution < -0.4 is 34.3 Å². The molecular formula is C94H63N7S7. The summed E-state index contributed by atoms with van der Waals surface area (Å²) in [5, 5.41) is 0. The van der Waals surface area contributed by atoms with Crippen LogP contribution in [0, 0.1) is 0 Å². The van der Waals surface area contributed by atoms with E-state index in [4.69, 9.17) is 0 Å². The fourth-order valence-electron chi connectivity index (χ4n) is 16.1. The summed E-state index contributed by atoms with van der Waals surface area (Å²) in [5.41, 5.74) is 25.3. The van der Waals surface area contributed by atoms with Crippen molar-refractivity contribution in [3.05, 3.63) is 333 Å². The van der Waals surface area contributed by atoms with Gasteiger partial charge in [0.05, 0.1) is 79.6 Å². The number of fused-ring (bicyclic) bond motifs is 14. The first-order valence-corrected chi connectivity index (χ1v) is 41.9. The third-order valence-electron chi connectivity index (χ3n) is 21.0. The van der Waals surface area contributed by atoms with Gasteiger partial charge in [0.2, 0.25) is 0 Å². The highest BCUT2D eigenvalue weighted by Gasteiger charge is 2.37. The molecule has 7 nitrogen and oxygen atoms in total. The molecule has 0 fully saturated rings. The molecule has 0 bridgehead atoms. The minimum Gasteiger partial charge on any atom is -0.308 e. The molecule has 22 rings (SSSR count). The van der Waals surface area contributed by atoms with Gasteiger partial charge >= 0.3 is 0 Å². The van der Waals surface area contributed by atoms with Gasteiger partial charge < -0.3 is 34.3 Å². The number of benzene rings is 15. The van der Waals surface area contributed by atoms with Gasteiger partial charge in [0.25, 0.3) is 0 Å². The number of hydrogen-bond acceptors (Lipinski definition) is 14. The molecule has 0 amide bonds. The van der Waals surface area contributed by atoms with Crippen LogP contribution in [0.4, 0.5) is 119 Å². The first kappa shape index (κ1) is 64.5. The van der Waals surface area contributed by atoms with Crippen molar-refractivity contribution < 1.29 is 0 Å². The van der Waals surface area contributed by atoms with Crippen LogP contribution in [0.1, 0.15) is 26.3 Å². The second kappa shape index (κ2) is 25.5. The highest BCUT2D eigenvalue weighted by molar-refractivity contribution is 8.01. The van der Waals surface area contributed by atoms with Crippen molar-refractivity contribution in [3.8, 4) is 0 Å². The summed E-state index contributed by atoms with van der Waals surface area (Å²) >= 11 is 13.0. The van der Waals surface area contributed by atoms with E-state index < -0.39 is 0 Å². The minimum absolute atomic E-state index is 0.0229. The molecule has 108 heavy (non-hydrogen) atoms. The second-order valence-corrected chi connectivity index (χ2v) is 36.1. The molecule has 7 aliphatic heterocycles. The Morgan fingerprint density at radius 3 is 0.491 bits per heavy atom. The summed E-state index contributed by atoms with van der Waals surface area (Å²) in [5.74, 6) is 0. The van der Waals surface area contributed by atoms with Gasteiger partial charge in [0.1, 0.15) is 0 Å². The van der Waals surface area contributed by atoms with E-state index in [1.165, 1.54) is 110 Å². The van der Waals surface area contributed by atoms with Crippen molar-refractivity contribution in [1.82, 2.24) is 0 Å². The van der Waals surface area contributed by atoms with Crippen molar-refractivity contribution >= 4 is 202 Å². The van der Waals surface area contributed by atoms with E-state index in [-0.39, 0.29) is 5.41 Å². The largest absolute Gasteiger partial charge is 0.308 e. The summed E-state index contributed by atoms with van der Waals surface area (Å²) in [4.78, 5) is 34.3. The lowest BCUT2D eigenvalue weighted by Gasteiger charge is -2.39. The van der Waals surface area contributed by atoms with Crippen LogP contribution in [0.15, 0.2) is 396 Å². The molecular weight excluding hydrogens is 1450 g/mol. The van der Waals surface area contributed by atoms with Crippen molar-refractivity contribution in [1.29, 1.82) is 0 Å². The predicted molar refractivity (Wildman–Crippen MR) is 457 cm³/mol. The van der Waals surface area contributed by atoms with Gasteiger partial charge in [-0.1, -0.05) is 212 Å². The van der Waals surface area contributed by atoms with Gasteiger partial charge in [-0.2, -0.15) is 0 Å². The molecule has 0 N–H and O–H groups in total. The number of anilines is 21. The zero-order valence-corrected chi connectivity index (χ0v) is 64.4. The molecule has 0 spiro atoms. The molecule has 0 radical (unpaired) electrons. The Morgan fingerprint density at radius 1 is 0.157 bits per heavy atom. The molecule has 7 heterocycles. The molecule has 516 valence electrons. The number of rotatable bonds is 7. The first-order valence-electron chi connectivity index (χ1n) is 36.2. The van der Waals surface area contributed by atoms with Gasteiger partial charge in [-0.15, -0.1) is 0 Å². The highest BCUT2D eigenvalue weighted by atomic mass is 32.2. The summed E-state index contributed by atoms with van der Waals surface area (Å²) in [6.07, 6.45) is 0. The molecule has 0 saturated carbocycles. The van der Waals surface area contributed by atoms with Crippen LogP contribution in [0.3, 0.4) is 0 Å². The highest BCUT2D eigenvalue weighted by Crippen LogP contribution is 2.64. The Bertz CT molecular complexity index is 5450. The Labute approximate surface area is 658 Å². The standard InChI is InChI=1S/C94H63N7S7/c1-94(2,3)58-36-38-59(39-37-58)95-74-46-40-64(100-76-48-42-60(96-66-20-4-12-28-80(66)102-81-29-13-5-21-67(81)96)52-90(76)107-91-53-61(43-49-77(91)100)97-68-22-6-14-30-82(68)103-83-31-15-7-23-69(83)97)56-88(74)106-89-57-65(41-47-75(89)95)101-78-50-44-62(98-70-24-8-16-32-84(70)104-85-33-17-9-25-71(85)98)54-92(78)108-93-55-63(45-51-79(93)101)99-72-26-10-18-34-86(72)105-87-35-19-11-27-73(87)99/h4-57H,1-3H3. The lowest BCUT2D eigenvalue weighted by molar-refractivity contribution is 0.590. The second-order valence-electron chi connectivity index (χ2n) is 28.5. The monoisotopic (exact) mass is 1510 g/mol. The lowest BCUT2D eigenvalue weighted by atomic mass is 9.87. The minimum atomic E-state index is -0.0229. The van der Waals surface area contributed by atoms with Crippen molar-refractivity contribution in [2.45, 2.75) is 94.7 Å². The zero-order chi connectivity index (χ0) is 71.5. The van der Waals surface area contributed by atoms with Crippen LogP contribution in [-0.2, 0) is 5.41 Å². The summed E-state index contributed by atoms with van der Waals surface area (Å²) < 4.78 is 0. The van der Waals surface area contributed by atoms with Gasteiger partial charge in [0, 0.05) is 108 Å². The number of nitrogens with zero attached hydrogens (tertiary/aromatic N) is 7. The van der Waals surface area contributed by atoms with Crippen LogP contribution in [0.5, 0.6) is 0 Å².